The molecule has 25 heavy (non-hydrogen) atoms. The average Bonchev–Trinajstić information content (AvgIpc) is 2.64. The largest absolute Gasteiger partial charge is 0.331 e. The van der Waals surface area contributed by atoms with Crippen molar-refractivity contribution in [3.63, 3.8) is 0 Å². The van der Waals surface area contributed by atoms with Gasteiger partial charge in [0.1, 0.15) is 0 Å². The summed E-state index contributed by atoms with van der Waals surface area (Å²) in [6, 6.07) is 17.9. The third-order valence-electron chi connectivity index (χ3n) is 4.27. The van der Waals surface area contributed by atoms with Gasteiger partial charge in [0.15, 0.2) is 5.54 Å². The highest BCUT2D eigenvalue weighted by molar-refractivity contribution is 6.22. The molecule has 3 rings (SSSR count). The van der Waals surface area contributed by atoms with Gasteiger partial charge in [-0.05, 0) is 18.1 Å². The zero-order valence-electron chi connectivity index (χ0n) is 13.9. The lowest BCUT2D eigenvalue weighted by atomic mass is 9.96. The first kappa shape index (κ1) is 16.9. The number of imide groups is 2. The van der Waals surface area contributed by atoms with Gasteiger partial charge in [0.2, 0.25) is 0 Å². The molecule has 6 heteroatoms. The van der Waals surface area contributed by atoms with Crippen molar-refractivity contribution in [2.24, 2.45) is 0 Å². The highest BCUT2D eigenvalue weighted by atomic mass is 16.2. The molecule has 1 saturated heterocycles. The van der Waals surface area contributed by atoms with E-state index in [1.165, 1.54) is 6.92 Å². The number of nitrogens with zero attached hydrogens (tertiary/aromatic N) is 1. The van der Waals surface area contributed by atoms with E-state index in [2.05, 4.69) is 10.6 Å². The normalized spacial score (nSPS) is 20.5. The molecule has 4 amide bonds. The minimum Gasteiger partial charge on any atom is -0.292 e. The Labute approximate surface area is 145 Å². The van der Waals surface area contributed by atoms with Crippen LogP contribution in [0.3, 0.4) is 0 Å². The van der Waals surface area contributed by atoms with Crippen LogP contribution in [0.5, 0.6) is 0 Å². The summed E-state index contributed by atoms with van der Waals surface area (Å²) in [5, 5.41) is 5.27. The van der Waals surface area contributed by atoms with Crippen LogP contribution in [-0.2, 0) is 22.7 Å². The lowest BCUT2D eigenvalue weighted by molar-refractivity contribution is -0.146. The summed E-state index contributed by atoms with van der Waals surface area (Å²) in [6.45, 7) is 1.95. The van der Waals surface area contributed by atoms with E-state index in [0.717, 1.165) is 16.0 Å². The molecule has 2 aromatic rings. The number of hydrogen-bond acceptors (Lipinski definition) is 4. The molecule has 0 bridgehead atoms. The van der Waals surface area contributed by atoms with Crippen LogP contribution >= 0.6 is 0 Å². The van der Waals surface area contributed by atoms with E-state index in [-0.39, 0.29) is 6.54 Å². The Morgan fingerprint density at radius 3 is 2.08 bits per heavy atom. The Morgan fingerprint density at radius 2 is 1.48 bits per heavy atom. The standard InChI is InChI=1S/C19H19N3O3/c1-19(20-12-14-8-4-2-5-9-14)16(23)21-18(25)22(17(19)24)13-15-10-6-3-7-11-15/h2-11,20H,12-13H2,1H3,(H,21,23,25). The highest BCUT2D eigenvalue weighted by Crippen LogP contribution is 2.18. The Bertz CT molecular complexity index is 792. The van der Waals surface area contributed by atoms with Gasteiger partial charge in [-0.3, -0.25) is 25.1 Å². The average molecular weight is 337 g/mol. The molecule has 6 nitrogen and oxygen atoms in total. The monoisotopic (exact) mass is 337 g/mol. The highest BCUT2D eigenvalue weighted by Gasteiger charge is 2.50. The molecule has 2 N–H and O–H groups in total. The number of barbiturate groups is 1. The van der Waals surface area contributed by atoms with E-state index in [0.29, 0.717) is 6.54 Å². The second-order valence-electron chi connectivity index (χ2n) is 6.10. The smallest absolute Gasteiger partial charge is 0.292 e. The quantitative estimate of drug-likeness (QED) is 0.816. The third kappa shape index (κ3) is 3.44. The molecule has 1 aliphatic heterocycles. The predicted octanol–water partition coefficient (Wildman–Crippen LogP) is 1.81. The molecule has 0 aromatic heterocycles. The Hall–Kier alpha value is -2.99. The predicted molar refractivity (Wildman–Crippen MR) is 92.2 cm³/mol. The first-order valence-electron chi connectivity index (χ1n) is 8.01. The van der Waals surface area contributed by atoms with Gasteiger partial charge in [-0.2, -0.15) is 0 Å². The van der Waals surface area contributed by atoms with Crippen LogP contribution in [0.4, 0.5) is 4.79 Å². The van der Waals surface area contributed by atoms with Crippen molar-refractivity contribution in [3.05, 3.63) is 71.8 Å². The maximum Gasteiger partial charge on any atom is 0.331 e. The second kappa shape index (κ2) is 6.86. The van der Waals surface area contributed by atoms with E-state index >= 15 is 0 Å². The number of carbonyl (C=O) groups is 3. The van der Waals surface area contributed by atoms with Gasteiger partial charge < -0.3 is 0 Å². The topological polar surface area (TPSA) is 78.5 Å². The molecule has 1 unspecified atom stereocenters. The van der Waals surface area contributed by atoms with Crippen LogP contribution in [0.15, 0.2) is 60.7 Å². The summed E-state index contributed by atoms with van der Waals surface area (Å²) in [6.07, 6.45) is 0. The molecule has 1 heterocycles. The summed E-state index contributed by atoms with van der Waals surface area (Å²) in [5.41, 5.74) is 0.250. The van der Waals surface area contributed by atoms with Crippen LogP contribution in [0.25, 0.3) is 0 Å². The molecule has 1 aliphatic rings. The second-order valence-corrected chi connectivity index (χ2v) is 6.10. The molecule has 0 spiro atoms. The molecule has 0 saturated carbocycles. The fraction of sp³-hybridized carbons (Fsp3) is 0.211. The molecule has 1 atom stereocenters. The van der Waals surface area contributed by atoms with Crippen molar-refractivity contribution < 1.29 is 14.4 Å². The van der Waals surface area contributed by atoms with Crippen molar-refractivity contribution in [2.45, 2.75) is 25.6 Å². The van der Waals surface area contributed by atoms with Crippen LogP contribution in [-0.4, -0.2) is 28.3 Å². The van der Waals surface area contributed by atoms with Crippen LogP contribution in [0.1, 0.15) is 18.1 Å². The molecule has 2 aromatic carbocycles. The van der Waals surface area contributed by atoms with Crippen molar-refractivity contribution in [1.29, 1.82) is 0 Å². The van der Waals surface area contributed by atoms with Gasteiger partial charge in [-0.1, -0.05) is 60.7 Å². The zero-order valence-corrected chi connectivity index (χ0v) is 13.9. The summed E-state index contributed by atoms with van der Waals surface area (Å²) < 4.78 is 0. The number of benzene rings is 2. The van der Waals surface area contributed by atoms with Crippen molar-refractivity contribution in [1.82, 2.24) is 15.5 Å². The van der Waals surface area contributed by atoms with Gasteiger partial charge in [0.25, 0.3) is 11.8 Å². The van der Waals surface area contributed by atoms with Gasteiger partial charge in [-0.25, -0.2) is 4.79 Å². The van der Waals surface area contributed by atoms with E-state index in [4.69, 9.17) is 0 Å². The van der Waals surface area contributed by atoms with E-state index in [9.17, 15) is 14.4 Å². The molecule has 0 aliphatic carbocycles. The van der Waals surface area contributed by atoms with Gasteiger partial charge in [0.05, 0.1) is 6.54 Å². The number of hydrogen-bond donors (Lipinski definition) is 2. The summed E-state index contributed by atoms with van der Waals surface area (Å²) in [4.78, 5) is 38.4. The fourth-order valence-electron chi connectivity index (χ4n) is 2.69. The minimum absolute atomic E-state index is 0.112. The Morgan fingerprint density at radius 1 is 0.920 bits per heavy atom. The summed E-state index contributed by atoms with van der Waals surface area (Å²) >= 11 is 0. The maximum absolute atomic E-state index is 12.9. The lowest BCUT2D eigenvalue weighted by Crippen LogP contribution is -2.71. The van der Waals surface area contributed by atoms with E-state index in [1.54, 1.807) is 0 Å². The van der Waals surface area contributed by atoms with Crippen molar-refractivity contribution in [2.75, 3.05) is 0 Å². The zero-order chi connectivity index (χ0) is 17.9. The third-order valence-corrected chi connectivity index (χ3v) is 4.27. The van der Waals surface area contributed by atoms with Crippen molar-refractivity contribution in [3.8, 4) is 0 Å². The molecule has 1 fully saturated rings. The first-order valence-corrected chi connectivity index (χ1v) is 8.01. The number of nitrogens with one attached hydrogen (secondary N) is 2. The van der Waals surface area contributed by atoms with Crippen LogP contribution < -0.4 is 10.6 Å². The van der Waals surface area contributed by atoms with Gasteiger partial charge >= 0.3 is 6.03 Å². The molecular weight excluding hydrogens is 318 g/mol. The summed E-state index contributed by atoms with van der Waals surface area (Å²) in [7, 11) is 0. The number of urea groups is 1. The minimum atomic E-state index is -1.50. The fourth-order valence-corrected chi connectivity index (χ4v) is 2.69. The van der Waals surface area contributed by atoms with E-state index < -0.39 is 23.4 Å². The van der Waals surface area contributed by atoms with Crippen LogP contribution in [0, 0.1) is 0 Å². The molecular formula is C19H19N3O3. The van der Waals surface area contributed by atoms with Crippen molar-refractivity contribution >= 4 is 17.8 Å². The number of rotatable bonds is 5. The Kier molecular flexibility index (Phi) is 4.63. The summed E-state index contributed by atoms with van der Waals surface area (Å²) in [5.74, 6) is -1.19. The SMILES string of the molecule is CC1(NCc2ccccc2)C(=O)NC(=O)N(Cc2ccccc2)C1=O. The van der Waals surface area contributed by atoms with Gasteiger partial charge in [0, 0.05) is 6.54 Å². The number of carbonyl (C=O) groups excluding carboxylic acids is 3. The van der Waals surface area contributed by atoms with Crippen LogP contribution in [0.2, 0.25) is 0 Å². The van der Waals surface area contributed by atoms with Gasteiger partial charge in [-0.15, -0.1) is 0 Å². The first-order chi connectivity index (χ1) is 12.0. The molecule has 128 valence electrons. The lowest BCUT2D eigenvalue weighted by Gasteiger charge is -2.37. The number of amides is 4. The van der Waals surface area contributed by atoms with E-state index in [1.807, 2.05) is 60.7 Å². The molecule has 0 radical (unpaired) electrons. The maximum atomic E-state index is 12.9. The Balaban J connectivity index is 1.79.